The standard InChI is InChI=1S/C18H31NO3/c1-2-3-8-13-19-18-14(15-11-12-16(18)22-15)9-6-4-5-7-10-17(20)21/h4,6,14-16,18-19H,2-3,5,7-13H2,1H3,(H,20,21)/b6-4-/t14-,15+,16-,18+/m0/s1. The molecule has 0 amide bonds. The highest BCUT2D eigenvalue weighted by Gasteiger charge is 2.47. The molecule has 4 heteroatoms. The minimum Gasteiger partial charge on any atom is -0.481 e. The molecule has 2 aliphatic heterocycles. The van der Waals surface area contributed by atoms with Crippen molar-refractivity contribution in [3.05, 3.63) is 12.2 Å². The van der Waals surface area contributed by atoms with E-state index in [0.29, 0.717) is 24.2 Å². The van der Waals surface area contributed by atoms with E-state index in [1.54, 1.807) is 0 Å². The van der Waals surface area contributed by atoms with Gasteiger partial charge in [-0.25, -0.2) is 0 Å². The number of rotatable bonds is 11. The predicted octanol–water partition coefficient (Wildman–Crippen LogP) is 3.51. The molecule has 0 aromatic rings. The minimum absolute atomic E-state index is 0.267. The van der Waals surface area contributed by atoms with Crippen LogP contribution < -0.4 is 5.32 Å². The van der Waals surface area contributed by atoms with E-state index in [-0.39, 0.29) is 6.42 Å². The largest absolute Gasteiger partial charge is 0.481 e. The number of unbranched alkanes of at least 4 members (excludes halogenated alkanes) is 3. The van der Waals surface area contributed by atoms with E-state index >= 15 is 0 Å². The van der Waals surface area contributed by atoms with Crippen LogP contribution in [0.4, 0.5) is 0 Å². The zero-order valence-corrected chi connectivity index (χ0v) is 13.8. The maximum atomic E-state index is 10.5. The number of carbonyl (C=O) groups is 1. The molecular weight excluding hydrogens is 278 g/mol. The molecule has 4 nitrogen and oxygen atoms in total. The number of nitrogens with one attached hydrogen (secondary N) is 1. The highest BCUT2D eigenvalue weighted by atomic mass is 16.5. The summed E-state index contributed by atoms with van der Waals surface area (Å²) < 4.78 is 6.09. The van der Waals surface area contributed by atoms with Gasteiger partial charge in [0.15, 0.2) is 0 Å². The number of aliphatic carboxylic acids is 1. The molecule has 4 atom stereocenters. The Morgan fingerprint density at radius 3 is 2.82 bits per heavy atom. The Morgan fingerprint density at radius 1 is 1.23 bits per heavy atom. The molecule has 0 spiro atoms. The maximum absolute atomic E-state index is 10.5. The van der Waals surface area contributed by atoms with E-state index in [2.05, 4.69) is 24.4 Å². The Labute approximate surface area is 134 Å². The molecular formula is C18H31NO3. The molecule has 0 radical (unpaired) electrons. The first kappa shape index (κ1) is 17.5. The quantitative estimate of drug-likeness (QED) is 0.453. The van der Waals surface area contributed by atoms with Crippen molar-refractivity contribution in [3.8, 4) is 0 Å². The summed E-state index contributed by atoms with van der Waals surface area (Å²) in [5.74, 6) is -0.109. The molecule has 0 aliphatic carbocycles. The number of hydrogen-bond donors (Lipinski definition) is 2. The molecule has 2 fully saturated rings. The molecule has 22 heavy (non-hydrogen) atoms. The summed E-state index contributed by atoms with van der Waals surface area (Å²) in [6, 6.07) is 0.513. The van der Waals surface area contributed by atoms with E-state index in [0.717, 1.165) is 25.8 Å². The van der Waals surface area contributed by atoms with Crippen molar-refractivity contribution in [3.63, 3.8) is 0 Å². The van der Waals surface area contributed by atoms with Gasteiger partial charge in [0.1, 0.15) is 0 Å². The van der Waals surface area contributed by atoms with Crippen LogP contribution in [0.25, 0.3) is 0 Å². The monoisotopic (exact) mass is 309 g/mol. The van der Waals surface area contributed by atoms with Crippen LogP contribution in [-0.2, 0) is 9.53 Å². The van der Waals surface area contributed by atoms with Gasteiger partial charge in [0, 0.05) is 18.4 Å². The van der Waals surface area contributed by atoms with Crippen molar-refractivity contribution in [2.24, 2.45) is 5.92 Å². The van der Waals surface area contributed by atoms with Crippen molar-refractivity contribution in [2.45, 2.75) is 83.0 Å². The normalized spacial score (nSPS) is 30.4. The van der Waals surface area contributed by atoms with Crippen LogP contribution in [0.5, 0.6) is 0 Å². The number of carboxylic acids is 1. The zero-order chi connectivity index (χ0) is 15.8. The van der Waals surface area contributed by atoms with Gasteiger partial charge in [0.25, 0.3) is 0 Å². The van der Waals surface area contributed by atoms with Crippen molar-refractivity contribution in [2.75, 3.05) is 6.54 Å². The van der Waals surface area contributed by atoms with E-state index in [4.69, 9.17) is 9.84 Å². The van der Waals surface area contributed by atoms with Gasteiger partial charge in [-0.1, -0.05) is 31.9 Å². The fourth-order valence-electron chi connectivity index (χ4n) is 3.74. The molecule has 0 aromatic heterocycles. The van der Waals surface area contributed by atoms with Gasteiger partial charge in [0.2, 0.25) is 0 Å². The van der Waals surface area contributed by atoms with Gasteiger partial charge < -0.3 is 15.2 Å². The molecule has 126 valence electrons. The summed E-state index contributed by atoms with van der Waals surface area (Å²) in [6.07, 6.45) is 14.4. The maximum Gasteiger partial charge on any atom is 0.303 e. The summed E-state index contributed by atoms with van der Waals surface area (Å²) in [7, 11) is 0. The first-order valence-corrected chi connectivity index (χ1v) is 8.98. The molecule has 2 saturated heterocycles. The third-order valence-corrected chi connectivity index (χ3v) is 4.92. The molecule has 2 bridgehead atoms. The lowest BCUT2D eigenvalue weighted by Crippen LogP contribution is -2.44. The second-order valence-electron chi connectivity index (χ2n) is 6.63. The van der Waals surface area contributed by atoms with E-state index in [1.807, 2.05) is 0 Å². The average Bonchev–Trinajstić information content (AvgIpc) is 3.08. The predicted molar refractivity (Wildman–Crippen MR) is 87.9 cm³/mol. The SMILES string of the molecule is CCCCCN[C@@H]1[C@@H](C/C=C\CCCC(=O)O)[C@H]2CC[C@@H]1O2. The highest BCUT2D eigenvalue weighted by Crippen LogP contribution is 2.41. The summed E-state index contributed by atoms with van der Waals surface area (Å²) >= 11 is 0. The second-order valence-corrected chi connectivity index (χ2v) is 6.63. The van der Waals surface area contributed by atoms with Crippen molar-refractivity contribution in [1.82, 2.24) is 5.32 Å². The van der Waals surface area contributed by atoms with Gasteiger partial charge in [-0.05, 0) is 45.1 Å². The number of fused-ring (bicyclic) bond motifs is 2. The van der Waals surface area contributed by atoms with Gasteiger partial charge in [0.05, 0.1) is 12.2 Å². The fourth-order valence-corrected chi connectivity index (χ4v) is 3.74. The topological polar surface area (TPSA) is 58.6 Å². The first-order valence-electron chi connectivity index (χ1n) is 8.98. The van der Waals surface area contributed by atoms with Crippen LogP contribution >= 0.6 is 0 Å². The number of hydrogen-bond acceptors (Lipinski definition) is 3. The summed E-state index contributed by atoms with van der Waals surface area (Å²) in [5.41, 5.74) is 0. The van der Waals surface area contributed by atoms with E-state index in [9.17, 15) is 4.79 Å². The average molecular weight is 309 g/mol. The van der Waals surface area contributed by atoms with Crippen molar-refractivity contribution >= 4 is 5.97 Å². The van der Waals surface area contributed by atoms with E-state index < -0.39 is 5.97 Å². The third-order valence-electron chi connectivity index (χ3n) is 4.92. The van der Waals surface area contributed by atoms with Crippen LogP contribution in [-0.4, -0.2) is 35.9 Å². The van der Waals surface area contributed by atoms with Crippen LogP contribution in [0.3, 0.4) is 0 Å². The zero-order valence-electron chi connectivity index (χ0n) is 13.8. The Hall–Kier alpha value is -0.870. The molecule has 0 unspecified atom stereocenters. The lowest BCUT2D eigenvalue weighted by molar-refractivity contribution is -0.137. The Morgan fingerprint density at radius 2 is 2.05 bits per heavy atom. The Kier molecular flexibility index (Phi) is 7.40. The second kappa shape index (κ2) is 9.31. The molecule has 0 saturated carbocycles. The van der Waals surface area contributed by atoms with Gasteiger partial charge in [-0.15, -0.1) is 0 Å². The minimum atomic E-state index is -0.703. The van der Waals surface area contributed by atoms with Crippen molar-refractivity contribution in [1.29, 1.82) is 0 Å². The summed E-state index contributed by atoms with van der Waals surface area (Å²) in [6.45, 7) is 3.34. The molecule has 2 heterocycles. The lowest BCUT2D eigenvalue weighted by Gasteiger charge is -2.28. The Bertz CT molecular complexity index is 369. The summed E-state index contributed by atoms with van der Waals surface area (Å²) in [5, 5.41) is 12.3. The highest BCUT2D eigenvalue weighted by molar-refractivity contribution is 5.66. The fraction of sp³-hybridized carbons (Fsp3) is 0.833. The van der Waals surface area contributed by atoms with Crippen LogP contribution in [0, 0.1) is 5.92 Å². The number of carboxylic acid groups (broad SMARTS) is 1. The van der Waals surface area contributed by atoms with Crippen LogP contribution in [0.15, 0.2) is 12.2 Å². The molecule has 2 rings (SSSR count). The van der Waals surface area contributed by atoms with Crippen molar-refractivity contribution < 1.29 is 14.6 Å². The third kappa shape index (κ3) is 5.10. The van der Waals surface area contributed by atoms with Crippen LogP contribution in [0.2, 0.25) is 0 Å². The molecule has 2 N–H and O–H groups in total. The smallest absolute Gasteiger partial charge is 0.303 e. The lowest BCUT2D eigenvalue weighted by atomic mass is 9.82. The van der Waals surface area contributed by atoms with Gasteiger partial charge in [-0.3, -0.25) is 4.79 Å². The Balaban J connectivity index is 1.70. The van der Waals surface area contributed by atoms with Gasteiger partial charge in [-0.2, -0.15) is 0 Å². The first-order chi connectivity index (χ1) is 10.7. The number of ether oxygens (including phenoxy) is 1. The molecule has 2 aliphatic rings. The molecule has 0 aromatic carbocycles. The summed E-state index contributed by atoms with van der Waals surface area (Å²) in [4.78, 5) is 10.5. The van der Waals surface area contributed by atoms with Gasteiger partial charge >= 0.3 is 5.97 Å². The van der Waals surface area contributed by atoms with Crippen LogP contribution in [0.1, 0.15) is 64.7 Å². The number of allylic oxidation sites excluding steroid dienone is 2. The van der Waals surface area contributed by atoms with E-state index in [1.165, 1.54) is 32.1 Å².